The van der Waals surface area contributed by atoms with Crippen molar-refractivity contribution in [2.24, 2.45) is 4.99 Å². The number of rotatable bonds is 10. The standard InChI is InChI=1S/C22H32N2O2/c1-4-6-9-19-10-8-11-21(16-19)24-14-13-23-20(17-24)15-18(3)26-22(25)12-7-5-2/h8,10-11,13,16-18H,4-7,9,12,14-15H2,1-3H3. The molecule has 2 rings (SSSR count). The van der Waals surface area contributed by atoms with E-state index in [9.17, 15) is 4.79 Å². The molecule has 1 aromatic carbocycles. The molecule has 1 heterocycles. The normalized spacial score (nSPS) is 14.9. The Balaban J connectivity index is 1.95. The Morgan fingerprint density at radius 2 is 2.08 bits per heavy atom. The number of aliphatic imine (C=N–C) groups is 1. The number of benzene rings is 1. The first-order valence-electron chi connectivity index (χ1n) is 9.90. The van der Waals surface area contributed by atoms with Gasteiger partial charge in [0.2, 0.25) is 0 Å². The Kier molecular flexibility index (Phi) is 8.39. The van der Waals surface area contributed by atoms with E-state index in [4.69, 9.17) is 4.74 Å². The molecule has 1 aliphatic heterocycles. The first-order chi connectivity index (χ1) is 12.6. The van der Waals surface area contributed by atoms with Gasteiger partial charge in [-0.15, -0.1) is 0 Å². The molecule has 0 bridgehead atoms. The van der Waals surface area contributed by atoms with Crippen molar-refractivity contribution in [3.63, 3.8) is 0 Å². The van der Waals surface area contributed by atoms with Crippen LogP contribution in [-0.2, 0) is 16.0 Å². The third kappa shape index (κ3) is 6.66. The Bertz CT molecular complexity index is 637. The number of ether oxygens (including phenoxy) is 1. The number of carbonyl (C=O) groups excluding carboxylic acids is 1. The fourth-order valence-electron chi connectivity index (χ4n) is 3.01. The summed E-state index contributed by atoms with van der Waals surface area (Å²) >= 11 is 0. The van der Waals surface area contributed by atoms with Gasteiger partial charge in [0.15, 0.2) is 0 Å². The molecule has 0 radical (unpaired) electrons. The number of hydrogen-bond acceptors (Lipinski definition) is 4. The van der Waals surface area contributed by atoms with Crippen molar-refractivity contribution in [1.29, 1.82) is 0 Å². The third-order valence-corrected chi connectivity index (χ3v) is 4.47. The fourth-order valence-corrected chi connectivity index (χ4v) is 3.01. The van der Waals surface area contributed by atoms with Crippen molar-refractivity contribution in [2.75, 3.05) is 11.4 Å². The zero-order valence-corrected chi connectivity index (χ0v) is 16.4. The molecule has 26 heavy (non-hydrogen) atoms. The lowest BCUT2D eigenvalue weighted by Gasteiger charge is -2.24. The second-order valence-corrected chi connectivity index (χ2v) is 6.97. The summed E-state index contributed by atoms with van der Waals surface area (Å²) in [6.07, 6.45) is 10.4. The minimum atomic E-state index is -0.154. The number of anilines is 1. The number of aryl methyl sites for hydroxylation is 1. The number of carbonyl (C=O) groups is 1. The summed E-state index contributed by atoms with van der Waals surface area (Å²) in [5, 5.41) is 0. The molecule has 0 amide bonds. The highest BCUT2D eigenvalue weighted by Crippen LogP contribution is 2.22. The molecule has 0 spiro atoms. The summed E-state index contributed by atoms with van der Waals surface area (Å²) in [5.41, 5.74) is 3.51. The summed E-state index contributed by atoms with van der Waals surface area (Å²) in [4.78, 5) is 18.5. The van der Waals surface area contributed by atoms with Crippen LogP contribution in [0.3, 0.4) is 0 Å². The summed E-state index contributed by atoms with van der Waals surface area (Å²) in [7, 11) is 0. The van der Waals surface area contributed by atoms with Crippen LogP contribution in [0.25, 0.3) is 0 Å². The minimum Gasteiger partial charge on any atom is -0.462 e. The molecule has 142 valence electrons. The molecule has 0 N–H and O–H groups in total. The first-order valence-corrected chi connectivity index (χ1v) is 9.90. The van der Waals surface area contributed by atoms with Gasteiger partial charge in [-0.2, -0.15) is 0 Å². The van der Waals surface area contributed by atoms with Crippen LogP contribution < -0.4 is 4.90 Å². The van der Waals surface area contributed by atoms with Gasteiger partial charge in [0.1, 0.15) is 6.10 Å². The maximum atomic E-state index is 11.8. The van der Waals surface area contributed by atoms with Gasteiger partial charge in [0, 0.05) is 30.9 Å². The second-order valence-electron chi connectivity index (χ2n) is 6.97. The van der Waals surface area contributed by atoms with Gasteiger partial charge in [0.05, 0.1) is 12.2 Å². The molecule has 0 fully saturated rings. The predicted molar refractivity (Wildman–Crippen MR) is 109 cm³/mol. The number of unbranched alkanes of at least 4 members (excludes halogenated alkanes) is 2. The van der Waals surface area contributed by atoms with Gasteiger partial charge in [-0.3, -0.25) is 9.79 Å². The van der Waals surface area contributed by atoms with Crippen molar-refractivity contribution in [3.05, 3.63) is 41.7 Å². The van der Waals surface area contributed by atoms with Crippen LogP contribution in [0.5, 0.6) is 0 Å². The molecule has 1 unspecified atom stereocenters. The van der Waals surface area contributed by atoms with E-state index in [0.717, 1.165) is 31.5 Å². The average molecular weight is 357 g/mol. The summed E-state index contributed by atoms with van der Waals surface area (Å²) in [6.45, 7) is 7.00. The lowest BCUT2D eigenvalue weighted by molar-refractivity contribution is -0.148. The van der Waals surface area contributed by atoms with Crippen LogP contribution in [0.2, 0.25) is 0 Å². The molecule has 4 heteroatoms. The lowest BCUT2D eigenvalue weighted by atomic mass is 10.1. The molecular formula is C22H32N2O2. The van der Waals surface area contributed by atoms with Crippen molar-refractivity contribution in [1.82, 2.24) is 0 Å². The summed E-state index contributed by atoms with van der Waals surface area (Å²) < 4.78 is 5.49. The van der Waals surface area contributed by atoms with Crippen LogP contribution in [-0.4, -0.2) is 24.8 Å². The predicted octanol–water partition coefficient (Wildman–Crippen LogP) is 5.27. The highest BCUT2D eigenvalue weighted by molar-refractivity contribution is 5.71. The highest BCUT2D eigenvalue weighted by Gasteiger charge is 2.15. The Morgan fingerprint density at radius 3 is 2.85 bits per heavy atom. The molecule has 1 aliphatic rings. The highest BCUT2D eigenvalue weighted by atomic mass is 16.5. The minimum absolute atomic E-state index is 0.111. The molecular weight excluding hydrogens is 324 g/mol. The van der Waals surface area contributed by atoms with Gasteiger partial charge >= 0.3 is 5.97 Å². The summed E-state index contributed by atoms with van der Waals surface area (Å²) in [6, 6.07) is 8.71. The lowest BCUT2D eigenvalue weighted by Crippen LogP contribution is -2.24. The molecule has 1 atom stereocenters. The van der Waals surface area contributed by atoms with E-state index in [1.807, 2.05) is 13.1 Å². The van der Waals surface area contributed by atoms with Gasteiger partial charge in [-0.1, -0.05) is 38.8 Å². The van der Waals surface area contributed by atoms with Gasteiger partial charge < -0.3 is 9.64 Å². The topological polar surface area (TPSA) is 41.9 Å². The number of hydrogen-bond donors (Lipinski definition) is 0. The van der Waals surface area contributed by atoms with E-state index in [2.05, 4.69) is 54.2 Å². The second kappa shape index (κ2) is 10.8. The van der Waals surface area contributed by atoms with Crippen LogP contribution in [0.4, 0.5) is 5.69 Å². The maximum Gasteiger partial charge on any atom is 0.306 e. The molecule has 0 aromatic heterocycles. The zero-order valence-electron chi connectivity index (χ0n) is 16.4. The quantitative estimate of drug-likeness (QED) is 0.536. The molecule has 0 saturated heterocycles. The van der Waals surface area contributed by atoms with Crippen molar-refractivity contribution >= 4 is 17.9 Å². The van der Waals surface area contributed by atoms with Crippen LogP contribution >= 0.6 is 0 Å². The zero-order chi connectivity index (χ0) is 18.8. The van der Waals surface area contributed by atoms with E-state index in [1.165, 1.54) is 24.1 Å². The largest absolute Gasteiger partial charge is 0.462 e. The van der Waals surface area contributed by atoms with E-state index in [1.54, 1.807) is 0 Å². The Morgan fingerprint density at radius 1 is 1.27 bits per heavy atom. The Labute approximate surface area is 158 Å². The molecule has 0 saturated carbocycles. The van der Waals surface area contributed by atoms with Gasteiger partial charge in [-0.05, 0) is 43.9 Å². The van der Waals surface area contributed by atoms with Crippen molar-refractivity contribution in [3.8, 4) is 0 Å². The monoisotopic (exact) mass is 356 g/mol. The van der Waals surface area contributed by atoms with Crippen LogP contribution in [0.1, 0.15) is 64.9 Å². The van der Waals surface area contributed by atoms with Crippen molar-refractivity contribution < 1.29 is 9.53 Å². The summed E-state index contributed by atoms with van der Waals surface area (Å²) in [5.74, 6) is -0.111. The molecule has 0 aliphatic carbocycles. The van der Waals surface area contributed by atoms with Gasteiger partial charge in [-0.25, -0.2) is 0 Å². The third-order valence-electron chi connectivity index (χ3n) is 4.47. The molecule has 4 nitrogen and oxygen atoms in total. The number of nitrogens with zero attached hydrogens (tertiary/aromatic N) is 2. The SMILES string of the molecule is CCCCC(=O)OC(C)CC1=CN(c2cccc(CCCC)c2)CC=N1. The van der Waals surface area contributed by atoms with E-state index >= 15 is 0 Å². The van der Waals surface area contributed by atoms with Crippen LogP contribution in [0, 0.1) is 0 Å². The first kappa shape index (κ1) is 20.2. The van der Waals surface area contributed by atoms with Gasteiger partial charge in [0.25, 0.3) is 0 Å². The van der Waals surface area contributed by atoms with E-state index in [-0.39, 0.29) is 12.1 Å². The number of esters is 1. The maximum absolute atomic E-state index is 11.8. The fraction of sp³-hybridized carbons (Fsp3) is 0.545. The average Bonchev–Trinajstić information content (AvgIpc) is 2.65. The van der Waals surface area contributed by atoms with Crippen LogP contribution in [0.15, 0.2) is 41.2 Å². The Hall–Kier alpha value is -2.10. The van der Waals surface area contributed by atoms with E-state index in [0.29, 0.717) is 12.8 Å². The molecule has 1 aromatic rings. The van der Waals surface area contributed by atoms with E-state index < -0.39 is 0 Å². The van der Waals surface area contributed by atoms with Crippen molar-refractivity contribution in [2.45, 2.75) is 71.8 Å². The smallest absolute Gasteiger partial charge is 0.306 e.